The van der Waals surface area contributed by atoms with Crippen molar-refractivity contribution >= 4 is 51.7 Å². The number of H-pyrrole nitrogens is 1. The summed E-state index contributed by atoms with van der Waals surface area (Å²) in [5.74, 6) is -1.70. The van der Waals surface area contributed by atoms with Crippen LogP contribution in [0.4, 0.5) is 5.82 Å². The molecule has 3 N–H and O–H groups in total. The van der Waals surface area contributed by atoms with E-state index in [-0.39, 0.29) is 17.2 Å². The van der Waals surface area contributed by atoms with Gasteiger partial charge in [-0.2, -0.15) is 5.10 Å². The Morgan fingerprint density at radius 3 is 2.90 bits per heavy atom. The molecule has 0 aliphatic rings. The molecule has 0 unspecified atom stereocenters. The molecule has 0 saturated carbocycles. The van der Waals surface area contributed by atoms with Crippen molar-refractivity contribution in [3.05, 3.63) is 33.2 Å². The highest BCUT2D eigenvalue weighted by Gasteiger charge is 2.18. The maximum atomic E-state index is 11.9. The quantitative estimate of drug-likeness (QED) is 0.689. The maximum absolute atomic E-state index is 11.9. The van der Waals surface area contributed by atoms with Crippen molar-refractivity contribution in [1.82, 2.24) is 10.2 Å². The fourth-order valence-electron chi connectivity index (χ4n) is 1.61. The minimum Gasteiger partial charge on any atom is -0.475 e. The molecule has 0 bridgehead atoms. The molecule has 20 heavy (non-hydrogen) atoms. The number of carbonyl (C=O) groups excluding carboxylic acids is 1. The monoisotopic (exact) mass is 311 g/mol. The normalized spacial score (nSPS) is 10.8. The zero-order chi connectivity index (χ0) is 14.3. The molecule has 102 valence electrons. The van der Waals surface area contributed by atoms with E-state index in [0.29, 0.717) is 14.7 Å². The summed E-state index contributed by atoms with van der Waals surface area (Å²) < 4.78 is 5.61. The molecule has 0 aliphatic carbocycles. The molecule has 3 rings (SSSR count). The van der Waals surface area contributed by atoms with Gasteiger partial charge in [0.2, 0.25) is 5.76 Å². The smallest absolute Gasteiger partial charge is 0.371 e. The van der Waals surface area contributed by atoms with Crippen LogP contribution in [-0.4, -0.2) is 27.2 Å². The molecular weight excluding hydrogens is 306 g/mol. The van der Waals surface area contributed by atoms with E-state index in [9.17, 15) is 9.59 Å². The number of hydrogen-bond donors (Lipinski definition) is 3. The number of halogens is 1. The molecule has 3 aromatic heterocycles. The third-order valence-corrected chi connectivity index (χ3v) is 3.70. The van der Waals surface area contributed by atoms with E-state index in [1.165, 1.54) is 6.07 Å². The lowest BCUT2D eigenvalue weighted by atomic mass is 10.4. The minimum absolute atomic E-state index is 0.127. The third kappa shape index (κ3) is 2.15. The topological polar surface area (TPSA) is 108 Å². The Morgan fingerprint density at radius 2 is 2.25 bits per heavy atom. The second kappa shape index (κ2) is 4.66. The van der Waals surface area contributed by atoms with Gasteiger partial charge in [0, 0.05) is 6.07 Å². The van der Waals surface area contributed by atoms with Gasteiger partial charge in [-0.25, -0.2) is 4.79 Å². The van der Waals surface area contributed by atoms with E-state index in [0.717, 1.165) is 11.3 Å². The fourth-order valence-corrected chi connectivity index (χ4v) is 2.55. The van der Waals surface area contributed by atoms with Gasteiger partial charge in [0.25, 0.3) is 5.91 Å². The first-order valence-electron chi connectivity index (χ1n) is 5.32. The number of aromatic carboxylic acids is 1. The van der Waals surface area contributed by atoms with E-state index in [4.69, 9.17) is 21.1 Å². The Balaban J connectivity index is 1.90. The molecule has 7 nitrogen and oxygen atoms in total. The molecule has 3 heterocycles. The van der Waals surface area contributed by atoms with Gasteiger partial charge in [-0.1, -0.05) is 11.6 Å². The maximum Gasteiger partial charge on any atom is 0.371 e. The highest BCUT2D eigenvalue weighted by Crippen LogP contribution is 2.26. The van der Waals surface area contributed by atoms with Crippen molar-refractivity contribution in [2.75, 3.05) is 5.32 Å². The molecule has 1 amide bonds. The van der Waals surface area contributed by atoms with Crippen LogP contribution < -0.4 is 5.32 Å². The van der Waals surface area contributed by atoms with Crippen LogP contribution in [0.2, 0.25) is 4.34 Å². The molecule has 0 fully saturated rings. The summed E-state index contributed by atoms with van der Waals surface area (Å²) in [5.41, 5.74) is 0.570. The number of nitrogens with one attached hydrogen (secondary N) is 2. The SMILES string of the molecule is O=C(O)c1cc2[nH]nc(NC(=O)c3ccc(Cl)s3)c2o1. The first kappa shape index (κ1) is 12.7. The summed E-state index contributed by atoms with van der Waals surface area (Å²) in [7, 11) is 0. The highest BCUT2D eigenvalue weighted by atomic mass is 35.5. The number of nitrogens with zero attached hydrogens (tertiary/aromatic N) is 1. The fraction of sp³-hybridized carbons (Fsp3) is 0. The summed E-state index contributed by atoms with van der Waals surface area (Å²) >= 11 is 6.88. The van der Waals surface area contributed by atoms with Crippen LogP contribution >= 0.6 is 22.9 Å². The summed E-state index contributed by atoms with van der Waals surface area (Å²) in [6, 6.07) is 4.48. The molecule has 0 radical (unpaired) electrons. The van der Waals surface area contributed by atoms with E-state index in [1.54, 1.807) is 12.1 Å². The van der Waals surface area contributed by atoms with Crippen LogP contribution in [0.5, 0.6) is 0 Å². The van der Waals surface area contributed by atoms with E-state index >= 15 is 0 Å². The summed E-state index contributed by atoms with van der Waals surface area (Å²) in [5, 5.41) is 17.8. The number of aromatic amines is 1. The number of rotatable bonds is 3. The Bertz CT molecular complexity index is 819. The number of amides is 1. The van der Waals surface area contributed by atoms with Crippen molar-refractivity contribution in [3.8, 4) is 0 Å². The van der Waals surface area contributed by atoms with Crippen molar-refractivity contribution in [2.24, 2.45) is 0 Å². The summed E-state index contributed by atoms with van der Waals surface area (Å²) in [6.45, 7) is 0. The number of hydrogen-bond acceptors (Lipinski definition) is 5. The molecule has 0 spiro atoms. The van der Waals surface area contributed by atoms with Crippen molar-refractivity contribution < 1.29 is 19.1 Å². The van der Waals surface area contributed by atoms with Crippen LogP contribution in [0, 0.1) is 0 Å². The first-order chi connectivity index (χ1) is 9.54. The molecule has 0 aromatic carbocycles. The minimum atomic E-state index is -1.20. The van der Waals surface area contributed by atoms with Crippen LogP contribution in [0.1, 0.15) is 20.2 Å². The Hall–Kier alpha value is -2.32. The van der Waals surface area contributed by atoms with Gasteiger partial charge < -0.3 is 14.8 Å². The number of fused-ring (bicyclic) bond motifs is 1. The lowest BCUT2D eigenvalue weighted by molar-refractivity contribution is 0.0665. The number of carboxylic acids is 1. The lowest BCUT2D eigenvalue weighted by Gasteiger charge is -1.98. The van der Waals surface area contributed by atoms with Crippen LogP contribution in [-0.2, 0) is 0 Å². The first-order valence-corrected chi connectivity index (χ1v) is 6.52. The molecule has 0 atom stereocenters. The van der Waals surface area contributed by atoms with Crippen molar-refractivity contribution in [2.45, 2.75) is 0 Å². The van der Waals surface area contributed by atoms with Crippen LogP contribution in [0.3, 0.4) is 0 Å². The van der Waals surface area contributed by atoms with E-state index < -0.39 is 11.9 Å². The number of thiophene rings is 1. The molecule has 3 aromatic rings. The van der Waals surface area contributed by atoms with Gasteiger partial charge in [0.1, 0.15) is 5.52 Å². The average molecular weight is 312 g/mol. The Kier molecular flexibility index (Phi) is 2.96. The predicted molar refractivity (Wildman–Crippen MR) is 72.6 cm³/mol. The highest BCUT2D eigenvalue weighted by molar-refractivity contribution is 7.18. The summed E-state index contributed by atoms with van der Waals surface area (Å²) in [4.78, 5) is 23.1. The number of aromatic nitrogens is 2. The zero-order valence-electron chi connectivity index (χ0n) is 9.64. The lowest BCUT2D eigenvalue weighted by Crippen LogP contribution is -2.10. The van der Waals surface area contributed by atoms with Crippen LogP contribution in [0.25, 0.3) is 11.1 Å². The molecular formula is C11H6ClN3O4S. The van der Waals surface area contributed by atoms with Crippen molar-refractivity contribution in [1.29, 1.82) is 0 Å². The number of anilines is 1. The Morgan fingerprint density at radius 1 is 1.45 bits per heavy atom. The summed E-state index contributed by atoms with van der Waals surface area (Å²) in [6.07, 6.45) is 0. The molecule has 9 heteroatoms. The van der Waals surface area contributed by atoms with Crippen LogP contribution in [0.15, 0.2) is 22.6 Å². The molecule has 0 saturated heterocycles. The van der Waals surface area contributed by atoms with Gasteiger partial charge >= 0.3 is 5.97 Å². The van der Waals surface area contributed by atoms with Gasteiger partial charge in [0.05, 0.1) is 9.21 Å². The zero-order valence-corrected chi connectivity index (χ0v) is 11.2. The number of carbonyl (C=O) groups is 2. The second-order valence-corrected chi connectivity index (χ2v) is 5.50. The van der Waals surface area contributed by atoms with Gasteiger partial charge in [-0.05, 0) is 12.1 Å². The number of furan rings is 1. The van der Waals surface area contributed by atoms with Gasteiger partial charge in [-0.3, -0.25) is 9.89 Å². The average Bonchev–Trinajstić information content (AvgIpc) is 3.05. The van der Waals surface area contributed by atoms with E-state index in [2.05, 4.69) is 15.5 Å². The van der Waals surface area contributed by atoms with Crippen molar-refractivity contribution in [3.63, 3.8) is 0 Å². The predicted octanol–water partition coefficient (Wildman–Crippen LogP) is 2.82. The third-order valence-electron chi connectivity index (χ3n) is 2.48. The van der Waals surface area contributed by atoms with Gasteiger partial charge in [-0.15, -0.1) is 11.3 Å². The van der Waals surface area contributed by atoms with Gasteiger partial charge in [0.15, 0.2) is 11.4 Å². The second-order valence-electron chi connectivity index (χ2n) is 3.79. The molecule has 0 aliphatic heterocycles. The standard InChI is InChI=1S/C11H6ClN3O4S/c12-7-2-1-6(20-7)10(16)13-9-8-4(14-15-9)3-5(19-8)11(17)18/h1-3H,(H,17,18)(H2,13,14,15,16). The Labute approximate surface area is 120 Å². The largest absolute Gasteiger partial charge is 0.475 e. The number of carboxylic acid groups (broad SMARTS) is 1. The van der Waals surface area contributed by atoms with E-state index in [1.807, 2.05) is 0 Å².